The van der Waals surface area contributed by atoms with Crippen LogP contribution in [-0.4, -0.2) is 18.9 Å². The Kier molecular flexibility index (Phi) is 5.10. The summed E-state index contributed by atoms with van der Waals surface area (Å²) in [7, 11) is 1.40. The highest BCUT2D eigenvalue weighted by atomic mass is 19.3. The van der Waals surface area contributed by atoms with Gasteiger partial charge < -0.3 is 19.3 Å². The third kappa shape index (κ3) is 4.42. The first-order valence-corrected chi connectivity index (χ1v) is 6.33. The summed E-state index contributed by atoms with van der Waals surface area (Å²) < 4.78 is 39.1. The van der Waals surface area contributed by atoms with Crippen molar-refractivity contribution < 1.29 is 22.8 Å². The van der Waals surface area contributed by atoms with E-state index >= 15 is 0 Å². The zero-order chi connectivity index (χ0) is 15.2. The van der Waals surface area contributed by atoms with Crippen molar-refractivity contribution in [3.63, 3.8) is 0 Å². The van der Waals surface area contributed by atoms with Crippen LogP contribution in [0.25, 0.3) is 0 Å². The number of benzene rings is 1. The predicted octanol–water partition coefficient (Wildman–Crippen LogP) is 2.88. The molecule has 0 bridgehead atoms. The van der Waals surface area contributed by atoms with E-state index in [1.54, 1.807) is 12.1 Å². The van der Waals surface area contributed by atoms with Gasteiger partial charge in [0.15, 0.2) is 17.3 Å². The Morgan fingerprint density at radius 1 is 1.24 bits per heavy atom. The van der Waals surface area contributed by atoms with Crippen molar-refractivity contribution in [1.82, 2.24) is 10.5 Å². The number of halogens is 2. The third-order valence-electron chi connectivity index (χ3n) is 2.75. The van der Waals surface area contributed by atoms with Crippen molar-refractivity contribution in [3.8, 4) is 11.5 Å². The molecular formula is C14H16F2N2O3. The Balaban J connectivity index is 1.96. The third-order valence-corrected chi connectivity index (χ3v) is 2.75. The molecule has 2 rings (SSSR count). The molecule has 1 aromatic heterocycles. The van der Waals surface area contributed by atoms with Crippen LogP contribution < -0.4 is 14.8 Å². The number of aryl methyl sites for hydroxylation is 1. The van der Waals surface area contributed by atoms with Crippen LogP contribution in [0, 0.1) is 6.92 Å². The standard InChI is InChI=1S/C14H16F2N2O3/c1-9-5-11(21-18-9)8-17-7-10-3-4-12(19-2)13(6-10)20-14(15)16/h3-6,14,17H,7-8H2,1-2H3. The number of ether oxygens (including phenoxy) is 2. The zero-order valence-corrected chi connectivity index (χ0v) is 11.7. The summed E-state index contributed by atoms with van der Waals surface area (Å²) in [6, 6.07) is 6.71. The maximum atomic E-state index is 12.3. The molecule has 0 saturated heterocycles. The van der Waals surface area contributed by atoms with Crippen molar-refractivity contribution in [3.05, 3.63) is 41.3 Å². The van der Waals surface area contributed by atoms with E-state index in [9.17, 15) is 8.78 Å². The van der Waals surface area contributed by atoms with E-state index in [4.69, 9.17) is 9.26 Å². The number of methoxy groups -OCH3 is 1. The molecule has 114 valence electrons. The number of rotatable bonds is 7. The molecule has 0 amide bonds. The van der Waals surface area contributed by atoms with Crippen molar-refractivity contribution >= 4 is 0 Å². The Hall–Kier alpha value is -2.15. The van der Waals surface area contributed by atoms with Crippen molar-refractivity contribution in [2.24, 2.45) is 0 Å². The summed E-state index contributed by atoms with van der Waals surface area (Å²) >= 11 is 0. The van der Waals surface area contributed by atoms with Crippen LogP contribution in [0.4, 0.5) is 8.78 Å². The van der Waals surface area contributed by atoms with Gasteiger partial charge in [-0.1, -0.05) is 11.2 Å². The molecule has 0 radical (unpaired) electrons. The van der Waals surface area contributed by atoms with Gasteiger partial charge in [-0.05, 0) is 24.6 Å². The van der Waals surface area contributed by atoms with Gasteiger partial charge >= 0.3 is 6.61 Å². The summed E-state index contributed by atoms with van der Waals surface area (Å²) in [6.07, 6.45) is 0. The fraction of sp³-hybridized carbons (Fsp3) is 0.357. The Morgan fingerprint density at radius 2 is 2.05 bits per heavy atom. The van der Waals surface area contributed by atoms with Gasteiger partial charge in [-0.25, -0.2) is 0 Å². The van der Waals surface area contributed by atoms with Crippen LogP contribution in [-0.2, 0) is 13.1 Å². The van der Waals surface area contributed by atoms with Gasteiger partial charge in [0.1, 0.15) is 0 Å². The number of hydrogen-bond donors (Lipinski definition) is 1. The fourth-order valence-corrected chi connectivity index (χ4v) is 1.85. The molecule has 0 aliphatic heterocycles. The quantitative estimate of drug-likeness (QED) is 0.852. The minimum atomic E-state index is -2.89. The second kappa shape index (κ2) is 7.03. The summed E-state index contributed by atoms with van der Waals surface area (Å²) in [4.78, 5) is 0. The molecule has 7 heteroatoms. The SMILES string of the molecule is COc1ccc(CNCc2cc(C)no2)cc1OC(F)F. The van der Waals surface area contributed by atoms with Crippen LogP contribution >= 0.6 is 0 Å². The topological polar surface area (TPSA) is 56.5 Å². The molecule has 1 N–H and O–H groups in total. The predicted molar refractivity (Wildman–Crippen MR) is 71.4 cm³/mol. The van der Waals surface area contributed by atoms with Crippen LogP contribution in [0.3, 0.4) is 0 Å². The molecular weight excluding hydrogens is 282 g/mol. The molecule has 0 aliphatic carbocycles. The fourth-order valence-electron chi connectivity index (χ4n) is 1.85. The van der Waals surface area contributed by atoms with Crippen LogP contribution in [0.15, 0.2) is 28.8 Å². The Bertz CT molecular complexity index is 587. The maximum absolute atomic E-state index is 12.3. The molecule has 0 fully saturated rings. The molecule has 0 spiro atoms. The maximum Gasteiger partial charge on any atom is 0.387 e. The van der Waals surface area contributed by atoms with E-state index < -0.39 is 6.61 Å². The summed E-state index contributed by atoms with van der Waals surface area (Å²) in [5, 5.41) is 6.91. The van der Waals surface area contributed by atoms with Crippen molar-refractivity contribution in [2.45, 2.75) is 26.6 Å². The number of aromatic nitrogens is 1. The normalized spacial score (nSPS) is 10.9. The minimum Gasteiger partial charge on any atom is -0.493 e. The molecule has 1 heterocycles. The van der Waals surface area contributed by atoms with E-state index in [1.807, 2.05) is 13.0 Å². The lowest BCUT2D eigenvalue weighted by Crippen LogP contribution is -2.12. The average molecular weight is 298 g/mol. The molecule has 0 aliphatic rings. The van der Waals surface area contributed by atoms with Gasteiger partial charge in [0.05, 0.1) is 19.3 Å². The first-order chi connectivity index (χ1) is 10.1. The van der Waals surface area contributed by atoms with Gasteiger partial charge in [0, 0.05) is 12.6 Å². The van der Waals surface area contributed by atoms with Crippen LogP contribution in [0.1, 0.15) is 17.0 Å². The van der Waals surface area contributed by atoms with E-state index in [0.717, 1.165) is 11.3 Å². The smallest absolute Gasteiger partial charge is 0.387 e. The lowest BCUT2D eigenvalue weighted by molar-refractivity contribution is -0.0512. The summed E-state index contributed by atoms with van der Waals surface area (Å²) in [5.41, 5.74) is 1.60. The second-order valence-corrected chi connectivity index (χ2v) is 4.40. The second-order valence-electron chi connectivity index (χ2n) is 4.40. The Labute approximate surface area is 120 Å². The molecule has 5 nitrogen and oxygen atoms in total. The largest absolute Gasteiger partial charge is 0.493 e. The van der Waals surface area contributed by atoms with Gasteiger partial charge in [0.2, 0.25) is 0 Å². The van der Waals surface area contributed by atoms with Crippen LogP contribution in [0.5, 0.6) is 11.5 Å². The highest BCUT2D eigenvalue weighted by Crippen LogP contribution is 2.29. The summed E-state index contributed by atoms with van der Waals surface area (Å²) in [6.45, 7) is -0.0784. The summed E-state index contributed by atoms with van der Waals surface area (Å²) in [5.74, 6) is 0.997. The lowest BCUT2D eigenvalue weighted by Gasteiger charge is -2.11. The molecule has 2 aromatic rings. The molecule has 1 aromatic carbocycles. The van der Waals surface area contributed by atoms with Gasteiger partial charge in [-0.15, -0.1) is 0 Å². The number of nitrogens with one attached hydrogen (secondary N) is 1. The van der Waals surface area contributed by atoms with Gasteiger partial charge in [-0.3, -0.25) is 0 Å². The van der Waals surface area contributed by atoms with Crippen molar-refractivity contribution in [2.75, 3.05) is 7.11 Å². The Morgan fingerprint density at radius 3 is 2.67 bits per heavy atom. The molecule has 0 saturated carbocycles. The average Bonchev–Trinajstić information content (AvgIpc) is 2.84. The first kappa shape index (κ1) is 15.2. The highest BCUT2D eigenvalue weighted by Gasteiger charge is 2.11. The van der Waals surface area contributed by atoms with Crippen LogP contribution in [0.2, 0.25) is 0 Å². The minimum absolute atomic E-state index is 0.0160. The van der Waals surface area contributed by atoms with E-state index in [0.29, 0.717) is 18.8 Å². The number of hydrogen-bond acceptors (Lipinski definition) is 5. The molecule has 0 unspecified atom stereocenters. The zero-order valence-electron chi connectivity index (χ0n) is 11.7. The van der Waals surface area contributed by atoms with E-state index in [2.05, 4.69) is 15.2 Å². The van der Waals surface area contributed by atoms with Gasteiger partial charge in [0.25, 0.3) is 0 Å². The van der Waals surface area contributed by atoms with E-state index in [1.165, 1.54) is 13.2 Å². The van der Waals surface area contributed by atoms with E-state index in [-0.39, 0.29) is 11.5 Å². The molecule has 21 heavy (non-hydrogen) atoms. The van der Waals surface area contributed by atoms with Gasteiger partial charge in [-0.2, -0.15) is 8.78 Å². The lowest BCUT2D eigenvalue weighted by atomic mass is 10.2. The number of nitrogens with zero attached hydrogens (tertiary/aromatic N) is 1. The monoisotopic (exact) mass is 298 g/mol. The molecule has 0 atom stereocenters. The first-order valence-electron chi connectivity index (χ1n) is 6.33. The van der Waals surface area contributed by atoms with Crippen molar-refractivity contribution in [1.29, 1.82) is 0 Å². The number of alkyl halides is 2. The highest BCUT2D eigenvalue weighted by molar-refractivity contribution is 5.43.